The third-order valence-electron chi connectivity index (χ3n) is 25.2. The molecular weight excluding hydrogens is 1660 g/mol. The van der Waals surface area contributed by atoms with Crippen molar-refractivity contribution in [3.8, 4) is 79.7 Å². The van der Waals surface area contributed by atoms with E-state index in [4.69, 9.17) is 46.9 Å². The van der Waals surface area contributed by atoms with E-state index in [0.29, 0.717) is 75.2 Å². The molecule has 14 aromatic carbocycles. The zero-order valence-electron chi connectivity index (χ0n) is 78.7. The summed E-state index contributed by atoms with van der Waals surface area (Å²) >= 11 is 0. The maximum atomic E-state index is 15.7. The molecule has 0 fully saturated rings. The van der Waals surface area contributed by atoms with Gasteiger partial charge in [-0.05, 0) is 318 Å². The van der Waals surface area contributed by atoms with Gasteiger partial charge in [-0.25, -0.2) is 0 Å². The quantitative estimate of drug-likeness (QED) is 0.0373. The molecule has 0 saturated carbocycles. The molecule has 2 unspecified atom stereocenters. The van der Waals surface area contributed by atoms with Crippen LogP contribution < -0.4 is 68.2 Å². The summed E-state index contributed by atoms with van der Waals surface area (Å²) in [6.07, 6.45) is 4.94. The zero-order valence-corrected chi connectivity index (χ0v) is 80.5. The predicted octanol–water partition coefficient (Wildman–Crippen LogP) is 28.1. The monoisotopic (exact) mass is 1780 g/mol. The van der Waals surface area contributed by atoms with Gasteiger partial charge < -0.3 is 46.9 Å². The lowest BCUT2D eigenvalue weighted by atomic mass is 9.76. The van der Waals surface area contributed by atoms with Crippen LogP contribution >= 0.6 is 14.7 Å². The third-order valence-corrected chi connectivity index (χ3v) is 30.2. The first kappa shape index (κ1) is 91.3. The highest BCUT2D eigenvalue weighted by Gasteiger charge is 2.43. The van der Waals surface area contributed by atoms with E-state index in [2.05, 4.69) is 235 Å². The Morgan fingerprint density at radius 3 is 0.893 bits per heavy atom. The SMILES string of the molecule is C=Cc1ccc(COc2ccc(OCc3ccc(CC(C)(C)Oc4c(C)cc(C(C)(C)Oc5c(C)cc(C(C)(C)c6cc(C)c(OC(C)(C)c7cc(C)c(OC(C)(C)Cc8ccc(COc9ccc(OCc%10ccc(C=C)cc%10)c(P%10(=O)Oc%11ccccc%11-c%11ccccc%11%10)c9)cc8)c(C)c7)c(C)c6)cc5C)cc4C)cc3)c(P3(=O)Oc4ccccc4-c4ccccc43)c2)cc1. The van der Waals surface area contributed by atoms with Gasteiger partial charge in [-0.1, -0.05) is 233 Å². The second kappa shape index (κ2) is 36.8. The second-order valence-corrected chi connectivity index (χ2v) is 42.4. The van der Waals surface area contributed by atoms with Crippen LogP contribution in [-0.4, -0.2) is 11.2 Å². The van der Waals surface area contributed by atoms with E-state index in [1.807, 2.05) is 194 Å². The van der Waals surface area contributed by atoms with Gasteiger partial charge in [0.25, 0.3) is 0 Å². The summed E-state index contributed by atoms with van der Waals surface area (Å²) in [6, 6.07) is 92.9. The fourth-order valence-electron chi connectivity index (χ4n) is 18.0. The van der Waals surface area contributed by atoms with Gasteiger partial charge in [0.1, 0.15) is 106 Å². The molecule has 0 amide bonds. The number of ether oxygens (including phenoxy) is 8. The highest BCUT2D eigenvalue weighted by atomic mass is 31.2. The van der Waals surface area contributed by atoms with Crippen LogP contribution in [0.5, 0.6) is 57.5 Å². The number of aryl methyl sites for hydroxylation is 8. The standard InChI is InChI=1S/C117H118O12P2/c1-21-83-39-47-87(48-40-83)71-120-95-55-58-104(108(67-95)131(119)106-38-30-26-34-100(106)98-32-24-28-36-102(98)129-131)123-74-90-53-45-86(46-54-90)70-114(13,14)125-110-81(9)65-94(66-82(110)10)117(19,20)127-112-77(5)61-92(62-78(112)6)115(15,16)91-59-75(3)111(76(4)60-91)126-116(17,18)93-63-79(7)109(80(8)64-93)124-113(11,12)69-85-43-51-88(52-44-85)72-121-96-56-57-103(122-73-89-49-41-84(22-2)42-50-89)107(68-96)130(118)105-37-29-25-33-99(105)97-31-23-27-35-101(97)128-130/h21-68H,1-2,69-74H2,3-20H3. The van der Waals surface area contributed by atoms with Crippen molar-refractivity contribution < 1.29 is 56.1 Å². The minimum Gasteiger partial charge on any atom is -0.489 e. The van der Waals surface area contributed by atoms with Crippen LogP contribution in [0.3, 0.4) is 0 Å². The summed E-state index contributed by atoms with van der Waals surface area (Å²) in [5.74, 6) is 6.56. The van der Waals surface area contributed by atoms with Crippen LogP contribution in [0.1, 0.15) is 181 Å². The molecule has 2 atom stereocenters. The number of hydrogen-bond donors (Lipinski definition) is 0. The normalized spacial score (nSPS) is 14.7. The zero-order chi connectivity index (χ0) is 92.7. The molecule has 2 aliphatic rings. The van der Waals surface area contributed by atoms with Crippen LogP contribution in [0.15, 0.2) is 292 Å². The fraction of sp³-hybridized carbons (Fsp3) is 0.248. The largest absolute Gasteiger partial charge is 0.489 e. The number of para-hydroxylation sites is 2. The topological polar surface area (TPSA) is 126 Å². The molecule has 12 nitrogen and oxygen atoms in total. The third kappa shape index (κ3) is 19.6. The Morgan fingerprint density at radius 1 is 0.290 bits per heavy atom. The van der Waals surface area contributed by atoms with Crippen LogP contribution in [0.25, 0.3) is 34.4 Å². The van der Waals surface area contributed by atoms with Gasteiger partial charge in [-0.15, -0.1) is 0 Å². The molecular formula is C117H118O12P2. The molecule has 2 heterocycles. The first-order valence-corrected chi connectivity index (χ1v) is 48.3. The van der Waals surface area contributed by atoms with Crippen molar-refractivity contribution in [2.24, 2.45) is 0 Å². The molecule has 0 aliphatic carbocycles. The number of fused-ring (bicyclic) bond motifs is 6. The lowest BCUT2D eigenvalue weighted by molar-refractivity contribution is 0.102. The minimum absolute atomic E-state index is 0.229. The average Bonchev–Trinajstić information content (AvgIpc) is 0.726. The molecule has 0 saturated heterocycles. The maximum Gasteiger partial charge on any atom is 0.311 e. The Labute approximate surface area is 774 Å². The summed E-state index contributed by atoms with van der Waals surface area (Å²) in [7, 11) is -7.54. The summed E-state index contributed by atoms with van der Waals surface area (Å²) in [5, 5.41) is 2.08. The summed E-state index contributed by atoms with van der Waals surface area (Å²) in [4.78, 5) is 0. The van der Waals surface area contributed by atoms with Gasteiger partial charge in [-0.2, -0.15) is 0 Å². The van der Waals surface area contributed by atoms with Gasteiger partial charge in [0.2, 0.25) is 0 Å². The summed E-state index contributed by atoms with van der Waals surface area (Å²) < 4.78 is 98.9. The molecule has 0 N–H and O–H groups in total. The van der Waals surface area contributed by atoms with Crippen molar-refractivity contribution in [3.05, 3.63) is 403 Å². The van der Waals surface area contributed by atoms with Crippen molar-refractivity contribution in [3.63, 3.8) is 0 Å². The number of benzene rings is 14. The maximum absolute atomic E-state index is 15.7. The van der Waals surface area contributed by atoms with E-state index in [0.717, 1.165) is 145 Å². The Balaban J connectivity index is 0.532. The van der Waals surface area contributed by atoms with E-state index in [1.165, 1.54) is 11.1 Å². The Hall–Kier alpha value is -13.0. The van der Waals surface area contributed by atoms with Gasteiger partial charge in [-0.3, -0.25) is 9.13 Å². The average molecular weight is 1780 g/mol. The van der Waals surface area contributed by atoms with Gasteiger partial charge in [0.05, 0.1) is 21.2 Å². The van der Waals surface area contributed by atoms with Crippen LogP contribution in [0, 0.1) is 55.4 Å². The van der Waals surface area contributed by atoms with Crippen LogP contribution in [0.2, 0.25) is 0 Å². The number of hydrogen-bond acceptors (Lipinski definition) is 12. The molecule has 0 aromatic heterocycles. The molecule has 668 valence electrons. The lowest BCUT2D eigenvalue weighted by Crippen LogP contribution is -2.32. The van der Waals surface area contributed by atoms with E-state index in [-0.39, 0.29) is 25.2 Å². The van der Waals surface area contributed by atoms with Crippen molar-refractivity contribution in [1.29, 1.82) is 0 Å². The van der Waals surface area contributed by atoms with E-state index in [1.54, 1.807) is 0 Å². The van der Waals surface area contributed by atoms with E-state index in [9.17, 15) is 0 Å². The van der Waals surface area contributed by atoms with Crippen LogP contribution in [0.4, 0.5) is 0 Å². The minimum atomic E-state index is -3.77. The highest BCUT2D eigenvalue weighted by Crippen LogP contribution is 2.58. The molecule has 131 heavy (non-hydrogen) atoms. The molecule has 2 aliphatic heterocycles. The Bertz CT molecular complexity index is 6680. The predicted molar refractivity (Wildman–Crippen MR) is 535 cm³/mol. The molecule has 14 heteroatoms. The smallest absolute Gasteiger partial charge is 0.311 e. The van der Waals surface area contributed by atoms with Gasteiger partial charge in [0, 0.05) is 29.4 Å². The Kier molecular flexibility index (Phi) is 25.6. The molecule has 0 bridgehead atoms. The van der Waals surface area contributed by atoms with Gasteiger partial charge in [0.15, 0.2) is 0 Å². The highest BCUT2D eigenvalue weighted by molar-refractivity contribution is 7.75. The fourth-order valence-corrected chi connectivity index (χ4v) is 22.8. The molecule has 14 aromatic rings. The van der Waals surface area contributed by atoms with E-state index >= 15 is 9.13 Å². The van der Waals surface area contributed by atoms with Crippen molar-refractivity contribution in [2.75, 3.05) is 0 Å². The summed E-state index contributed by atoms with van der Waals surface area (Å²) in [5.41, 5.74) is 21.7. The molecule has 16 rings (SSSR count). The van der Waals surface area contributed by atoms with Gasteiger partial charge >= 0.3 is 14.7 Å². The van der Waals surface area contributed by atoms with Crippen LogP contribution in [-0.2, 0) is 65.0 Å². The van der Waals surface area contributed by atoms with Crippen molar-refractivity contribution in [1.82, 2.24) is 0 Å². The Morgan fingerprint density at radius 2 is 0.565 bits per heavy atom. The first-order valence-electron chi connectivity index (χ1n) is 45.0. The molecule has 0 spiro atoms. The summed E-state index contributed by atoms with van der Waals surface area (Å²) in [6.45, 7) is 47.7. The lowest BCUT2D eigenvalue weighted by Gasteiger charge is -2.34. The van der Waals surface area contributed by atoms with Crippen molar-refractivity contribution >= 4 is 48.1 Å². The van der Waals surface area contributed by atoms with E-state index < -0.39 is 37.1 Å². The first-order chi connectivity index (χ1) is 62.4. The molecule has 0 radical (unpaired) electrons. The van der Waals surface area contributed by atoms with Crippen molar-refractivity contribution in [2.45, 2.75) is 192 Å². The second-order valence-electron chi connectivity index (χ2n) is 37.9. The number of rotatable bonds is 32.